The molecule has 0 aliphatic heterocycles. The maximum absolute atomic E-state index is 10.9. The maximum atomic E-state index is 10.9. The van der Waals surface area contributed by atoms with Crippen LogP contribution in [0.4, 0.5) is 0 Å². The molecule has 6 heteroatoms. The van der Waals surface area contributed by atoms with Gasteiger partial charge in [-0.1, -0.05) is 12.1 Å². The van der Waals surface area contributed by atoms with E-state index in [0.29, 0.717) is 0 Å². The van der Waals surface area contributed by atoms with E-state index in [4.69, 9.17) is 15.0 Å². The quantitative estimate of drug-likeness (QED) is 0.770. The van der Waals surface area contributed by atoms with Gasteiger partial charge in [-0.25, -0.2) is 13.6 Å². The first-order valence-electron chi connectivity index (χ1n) is 4.24. The van der Waals surface area contributed by atoms with Gasteiger partial charge in [0.2, 0.25) is 10.0 Å². The summed E-state index contributed by atoms with van der Waals surface area (Å²) in [5, 5.41) is 12.5. The molecule has 0 radical (unpaired) electrons. The van der Waals surface area contributed by atoms with Crippen LogP contribution < -0.4 is 9.88 Å². The summed E-state index contributed by atoms with van der Waals surface area (Å²) in [7, 11) is -2.28. The van der Waals surface area contributed by atoms with Crippen molar-refractivity contribution in [3.63, 3.8) is 0 Å². The second kappa shape index (κ2) is 6.39. The molecule has 0 saturated carbocycles. The van der Waals surface area contributed by atoms with Gasteiger partial charge in [0, 0.05) is 6.61 Å². The Morgan fingerprint density at radius 3 is 2.20 bits per heavy atom. The minimum absolute atomic E-state index is 0.00694. The van der Waals surface area contributed by atoms with Gasteiger partial charge in [0.05, 0.1) is 7.11 Å². The average molecular weight is 233 g/mol. The SMILES string of the molecule is CCO.COc1ccccc1S(N)(=O)=O. The summed E-state index contributed by atoms with van der Waals surface area (Å²) in [5.74, 6) is 0.264. The number of primary sulfonamides is 1. The van der Waals surface area contributed by atoms with Crippen molar-refractivity contribution in [1.82, 2.24) is 0 Å². The number of rotatable bonds is 2. The van der Waals surface area contributed by atoms with Crippen LogP contribution in [0.3, 0.4) is 0 Å². The van der Waals surface area contributed by atoms with Gasteiger partial charge >= 0.3 is 0 Å². The van der Waals surface area contributed by atoms with Gasteiger partial charge in [-0.15, -0.1) is 0 Å². The molecule has 15 heavy (non-hydrogen) atoms. The van der Waals surface area contributed by atoms with E-state index in [1.54, 1.807) is 25.1 Å². The number of hydrogen-bond acceptors (Lipinski definition) is 4. The van der Waals surface area contributed by atoms with Crippen LogP contribution >= 0.6 is 0 Å². The first kappa shape index (κ1) is 13.9. The zero-order valence-corrected chi connectivity index (χ0v) is 9.49. The fourth-order valence-corrected chi connectivity index (χ4v) is 1.55. The van der Waals surface area contributed by atoms with Gasteiger partial charge in [-0.3, -0.25) is 0 Å². The van der Waals surface area contributed by atoms with Crippen LogP contribution in [0.25, 0.3) is 0 Å². The van der Waals surface area contributed by atoms with E-state index in [-0.39, 0.29) is 17.3 Å². The molecule has 0 atom stereocenters. The van der Waals surface area contributed by atoms with Crippen LogP contribution in [0.15, 0.2) is 29.2 Å². The second-order valence-electron chi connectivity index (χ2n) is 2.51. The van der Waals surface area contributed by atoms with Crippen molar-refractivity contribution in [1.29, 1.82) is 0 Å². The average Bonchev–Trinajstić information content (AvgIpc) is 2.18. The molecule has 1 aromatic carbocycles. The molecule has 0 heterocycles. The molecule has 0 fully saturated rings. The fraction of sp³-hybridized carbons (Fsp3) is 0.333. The number of hydrogen-bond donors (Lipinski definition) is 2. The number of sulfonamides is 1. The summed E-state index contributed by atoms with van der Waals surface area (Å²) in [4.78, 5) is 0.00694. The Morgan fingerprint density at radius 1 is 1.40 bits per heavy atom. The predicted octanol–water partition coefficient (Wildman–Crippen LogP) is 0.341. The number of methoxy groups -OCH3 is 1. The van der Waals surface area contributed by atoms with E-state index in [9.17, 15) is 8.42 Å². The summed E-state index contributed by atoms with van der Waals surface area (Å²) in [6.45, 7) is 1.93. The van der Waals surface area contributed by atoms with E-state index >= 15 is 0 Å². The Balaban J connectivity index is 0.000000583. The Labute approximate surface area is 89.5 Å². The molecule has 0 bridgehead atoms. The van der Waals surface area contributed by atoms with Crippen molar-refractivity contribution in [3.05, 3.63) is 24.3 Å². The third kappa shape index (κ3) is 4.78. The van der Waals surface area contributed by atoms with Crippen molar-refractivity contribution in [3.8, 4) is 5.75 Å². The van der Waals surface area contributed by atoms with Crippen molar-refractivity contribution >= 4 is 10.0 Å². The summed E-state index contributed by atoms with van der Waals surface area (Å²) in [6, 6.07) is 6.20. The van der Waals surface area contributed by atoms with Crippen LogP contribution in [0, 0.1) is 0 Å². The number of aliphatic hydroxyl groups is 1. The Kier molecular flexibility index (Phi) is 5.92. The molecular weight excluding hydrogens is 218 g/mol. The summed E-state index contributed by atoms with van der Waals surface area (Å²) >= 11 is 0. The number of para-hydroxylation sites is 1. The first-order chi connectivity index (χ1) is 6.97. The fourth-order valence-electron chi connectivity index (χ4n) is 0.854. The molecule has 0 aliphatic carbocycles. The van der Waals surface area contributed by atoms with Crippen LogP contribution in [-0.4, -0.2) is 27.2 Å². The van der Waals surface area contributed by atoms with Crippen LogP contribution in [0.2, 0.25) is 0 Å². The lowest BCUT2D eigenvalue weighted by atomic mass is 10.3. The molecular formula is C9H15NO4S. The molecule has 86 valence electrons. The van der Waals surface area contributed by atoms with Crippen LogP contribution in [-0.2, 0) is 10.0 Å². The molecule has 0 unspecified atom stereocenters. The molecule has 0 amide bonds. The van der Waals surface area contributed by atoms with Gasteiger partial charge in [0.25, 0.3) is 0 Å². The van der Waals surface area contributed by atoms with Gasteiger partial charge in [0.15, 0.2) is 0 Å². The molecule has 0 aliphatic rings. The topological polar surface area (TPSA) is 89.6 Å². The zero-order valence-electron chi connectivity index (χ0n) is 8.67. The molecule has 3 N–H and O–H groups in total. The Bertz CT molecular complexity index is 389. The van der Waals surface area contributed by atoms with Gasteiger partial charge in [-0.2, -0.15) is 0 Å². The molecule has 1 rings (SSSR count). The van der Waals surface area contributed by atoms with Crippen molar-refractivity contribution in [2.45, 2.75) is 11.8 Å². The minimum Gasteiger partial charge on any atom is -0.495 e. The van der Waals surface area contributed by atoms with Gasteiger partial charge < -0.3 is 9.84 Å². The van der Waals surface area contributed by atoms with E-state index in [1.165, 1.54) is 13.2 Å². The first-order valence-corrected chi connectivity index (χ1v) is 5.78. The van der Waals surface area contributed by atoms with Crippen LogP contribution in [0.1, 0.15) is 6.92 Å². The normalized spacial score (nSPS) is 10.1. The highest BCUT2D eigenvalue weighted by Crippen LogP contribution is 2.20. The Morgan fingerprint density at radius 2 is 1.87 bits per heavy atom. The molecule has 5 nitrogen and oxygen atoms in total. The second-order valence-corrected chi connectivity index (χ2v) is 4.04. The summed E-state index contributed by atoms with van der Waals surface area (Å²) in [5.41, 5.74) is 0. The third-order valence-corrected chi connectivity index (χ3v) is 2.33. The smallest absolute Gasteiger partial charge is 0.241 e. The highest BCUT2D eigenvalue weighted by atomic mass is 32.2. The van der Waals surface area contributed by atoms with Crippen LogP contribution in [0.5, 0.6) is 5.75 Å². The van der Waals surface area contributed by atoms with E-state index in [2.05, 4.69) is 0 Å². The standard InChI is InChI=1S/C7H9NO3S.C2H6O/c1-11-6-4-2-3-5-7(6)12(8,9)10;1-2-3/h2-5H,1H3,(H2,8,9,10);3H,2H2,1H3. The largest absolute Gasteiger partial charge is 0.495 e. The lowest BCUT2D eigenvalue weighted by molar-refractivity contribution is 0.318. The molecule has 1 aromatic rings. The van der Waals surface area contributed by atoms with Crippen molar-refractivity contribution in [2.24, 2.45) is 5.14 Å². The third-order valence-electron chi connectivity index (χ3n) is 1.38. The summed E-state index contributed by atoms with van der Waals surface area (Å²) in [6.07, 6.45) is 0. The maximum Gasteiger partial charge on any atom is 0.241 e. The zero-order chi connectivity index (χ0) is 11.9. The van der Waals surface area contributed by atoms with Gasteiger partial charge in [0.1, 0.15) is 10.6 Å². The Hall–Kier alpha value is -1.11. The highest BCUT2D eigenvalue weighted by Gasteiger charge is 2.12. The number of ether oxygens (including phenoxy) is 1. The van der Waals surface area contributed by atoms with Gasteiger partial charge in [-0.05, 0) is 19.1 Å². The lowest BCUT2D eigenvalue weighted by Crippen LogP contribution is -2.13. The molecule has 0 saturated heterocycles. The number of nitrogens with two attached hydrogens (primary N) is 1. The van der Waals surface area contributed by atoms with Crippen molar-refractivity contribution in [2.75, 3.05) is 13.7 Å². The van der Waals surface area contributed by atoms with E-state index in [0.717, 1.165) is 0 Å². The predicted molar refractivity (Wildman–Crippen MR) is 57.1 cm³/mol. The van der Waals surface area contributed by atoms with Crippen molar-refractivity contribution < 1.29 is 18.3 Å². The minimum atomic E-state index is -3.67. The summed E-state index contributed by atoms with van der Waals surface area (Å²) < 4.78 is 26.6. The highest BCUT2D eigenvalue weighted by molar-refractivity contribution is 7.89. The number of aliphatic hydroxyl groups excluding tert-OH is 1. The number of benzene rings is 1. The lowest BCUT2D eigenvalue weighted by Gasteiger charge is -2.04. The van der Waals surface area contributed by atoms with E-state index < -0.39 is 10.0 Å². The molecule has 0 spiro atoms. The monoisotopic (exact) mass is 233 g/mol. The van der Waals surface area contributed by atoms with E-state index in [1.807, 2.05) is 0 Å². The molecule has 0 aromatic heterocycles.